The van der Waals surface area contributed by atoms with Crippen molar-refractivity contribution in [2.24, 2.45) is 5.92 Å². The predicted molar refractivity (Wildman–Crippen MR) is 77.7 cm³/mol. The number of carboxylic acid groups (broad SMARTS) is 1. The van der Waals surface area contributed by atoms with Gasteiger partial charge < -0.3 is 5.11 Å². The van der Waals surface area contributed by atoms with Gasteiger partial charge in [-0.1, -0.05) is 30.1 Å². The van der Waals surface area contributed by atoms with Crippen LogP contribution in [0.3, 0.4) is 0 Å². The zero-order valence-electron chi connectivity index (χ0n) is 10.8. The molecule has 2 N–H and O–H groups in total. The first-order chi connectivity index (χ1) is 9.24. The van der Waals surface area contributed by atoms with E-state index in [1.54, 1.807) is 6.92 Å². The monoisotopic (exact) mass is 339 g/mol. The van der Waals surface area contributed by atoms with E-state index in [9.17, 15) is 13.2 Å². The zero-order chi connectivity index (χ0) is 15.3. The number of hydrogen-bond donors (Lipinski definition) is 2. The highest BCUT2D eigenvalue weighted by atomic mass is 35.5. The lowest BCUT2D eigenvalue weighted by Gasteiger charge is -2.09. The molecular weight excluding hydrogens is 325 g/mol. The fourth-order valence-electron chi connectivity index (χ4n) is 1.47. The summed E-state index contributed by atoms with van der Waals surface area (Å²) in [5.74, 6) is -1.39. The third-order valence-electron chi connectivity index (χ3n) is 2.73. The van der Waals surface area contributed by atoms with E-state index < -0.39 is 21.9 Å². The number of rotatable bonds is 7. The first-order valence-electron chi connectivity index (χ1n) is 5.91. The Bertz CT molecular complexity index is 589. The summed E-state index contributed by atoms with van der Waals surface area (Å²) < 4.78 is 26.3. The lowest BCUT2D eigenvalue weighted by Crippen LogP contribution is -2.25. The maximum absolute atomic E-state index is 11.9. The molecular formula is C12H15Cl2NO4S. The van der Waals surface area contributed by atoms with Gasteiger partial charge in [0.05, 0.1) is 20.9 Å². The summed E-state index contributed by atoms with van der Waals surface area (Å²) in [4.78, 5) is 10.6. The standard InChI is InChI=1S/C12H15Cl2NO4S/c1-8(12(16)17)3-2-6-15-20(18,19)9-4-5-10(13)11(14)7-9/h4-5,7-8,15H,2-3,6H2,1H3,(H,16,17). The van der Waals surface area contributed by atoms with Crippen LogP contribution in [0.15, 0.2) is 23.1 Å². The van der Waals surface area contributed by atoms with Crippen molar-refractivity contribution in [2.75, 3.05) is 6.54 Å². The first kappa shape index (κ1) is 17.2. The fraction of sp³-hybridized carbons (Fsp3) is 0.417. The predicted octanol–water partition coefficient (Wildman–Crippen LogP) is 2.77. The van der Waals surface area contributed by atoms with Crippen molar-refractivity contribution in [3.05, 3.63) is 28.2 Å². The molecule has 1 unspecified atom stereocenters. The molecule has 0 aliphatic rings. The molecule has 0 aromatic heterocycles. The van der Waals surface area contributed by atoms with E-state index in [1.165, 1.54) is 18.2 Å². The lowest BCUT2D eigenvalue weighted by molar-refractivity contribution is -0.141. The summed E-state index contributed by atoms with van der Waals surface area (Å²) >= 11 is 11.5. The normalized spacial score (nSPS) is 13.2. The van der Waals surface area contributed by atoms with Gasteiger partial charge in [0.2, 0.25) is 10.0 Å². The van der Waals surface area contributed by atoms with E-state index in [1.807, 2.05) is 0 Å². The Kier molecular flexibility index (Phi) is 6.26. The van der Waals surface area contributed by atoms with Gasteiger partial charge in [0.1, 0.15) is 0 Å². The van der Waals surface area contributed by atoms with Crippen molar-refractivity contribution in [2.45, 2.75) is 24.7 Å². The molecule has 0 bridgehead atoms. The van der Waals surface area contributed by atoms with E-state index in [2.05, 4.69) is 4.72 Å². The van der Waals surface area contributed by atoms with Gasteiger partial charge in [0, 0.05) is 6.54 Å². The summed E-state index contributed by atoms with van der Waals surface area (Å²) in [5.41, 5.74) is 0. The molecule has 0 aliphatic heterocycles. The van der Waals surface area contributed by atoms with Crippen LogP contribution in [0.2, 0.25) is 10.0 Å². The van der Waals surface area contributed by atoms with Crippen LogP contribution in [-0.4, -0.2) is 26.0 Å². The van der Waals surface area contributed by atoms with Gasteiger partial charge in [-0.2, -0.15) is 0 Å². The third kappa shape index (κ3) is 4.94. The molecule has 0 aliphatic carbocycles. The van der Waals surface area contributed by atoms with Crippen molar-refractivity contribution < 1.29 is 18.3 Å². The van der Waals surface area contributed by atoms with Crippen LogP contribution in [0, 0.1) is 5.92 Å². The van der Waals surface area contributed by atoms with Crippen LogP contribution in [-0.2, 0) is 14.8 Å². The van der Waals surface area contributed by atoms with Crippen LogP contribution in [0.25, 0.3) is 0 Å². The van der Waals surface area contributed by atoms with Crippen LogP contribution < -0.4 is 4.72 Å². The van der Waals surface area contributed by atoms with Gasteiger partial charge in [-0.05, 0) is 31.0 Å². The van der Waals surface area contributed by atoms with E-state index in [4.69, 9.17) is 28.3 Å². The number of halogens is 2. The minimum atomic E-state index is -3.66. The second kappa shape index (κ2) is 7.26. The lowest BCUT2D eigenvalue weighted by atomic mass is 10.1. The van der Waals surface area contributed by atoms with Crippen molar-refractivity contribution in [1.29, 1.82) is 0 Å². The number of carboxylic acids is 1. The summed E-state index contributed by atoms with van der Waals surface area (Å²) in [7, 11) is -3.66. The Hall–Kier alpha value is -0.820. The van der Waals surface area contributed by atoms with Crippen molar-refractivity contribution in [3.63, 3.8) is 0 Å². The quantitative estimate of drug-likeness (QED) is 0.748. The van der Waals surface area contributed by atoms with E-state index >= 15 is 0 Å². The molecule has 0 radical (unpaired) electrons. The maximum atomic E-state index is 11.9. The molecule has 0 saturated carbocycles. The molecule has 1 rings (SSSR count). The van der Waals surface area contributed by atoms with Gasteiger partial charge in [-0.25, -0.2) is 13.1 Å². The summed E-state index contributed by atoms with van der Waals surface area (Å²) in [6.07, 6.45) is 0.841. The number of sulfonamides is 1. The van der Waals surface area contributed by atoms with E-state index in [-0.39, 0.29) is 21.5 Å². The zero-order valence-corrected chi connectivity index (χ0v) is 13.1. The highest BCUT2D eigenvalue weighted by Gasteiger charge is 2.16. The van der Waals surface area contributed by atoms with E-state index in [0.29, 0.717) is 12.8 Å². The van der Waals surface area contributed by atoms with Crippen LogP contribution >= 0.6 is 23.2 Å². The molecule has 112 valence electrons. The van der Waals surface area contributed by atoms with Crippen molar-refractivity contribution in [3.8, 4) is 0 Å². The largest absolute Gasteiger partial charge is 0.481 e. The maximum Gasteiger partial charge on any atom is 0.306 e. The van der Waals surface area contributed by atoms with Gasteiger partial charge >= 0.3 is 5.97 Å². The summed E-state index contributed by atoms with van der Waals surface area (Å²) in [6, 6.07) is 4.04. The Labute approximate surface area is 127 Å². The smallest absolute Gasteiger partial charge is 0.306 e. The first-order valence-corrected chi connectivity index (χ1v) is 8.15. The number of aliphatic carboxylic acids is 1. The van der Waals surface area contributed by atoms with Crippen molar-refractivity contribution >= 4 is 39.2 Å². The van der Waals surface area contributed by atoms with Crippen LogP contribution in [0.1, 0.15) is 19.8 Å². The molecule has 1 aromatic carbocycles. The Morgan fingerprint density at radius 1 is 1.35 bits per heavy atom. The molecule has 0 saturated heterocycles. The molecule has 20 heavy (non-hydrogen) atoms. The van der Waals surface area contributed by atoms with E-state index in [0.717, 1.165) is 0 Å². The van der Waals surface area contributed by atoms with Gasteiger partial charge in [-0.15, -0.1) is 0 Å². The second-order valence-electron chi connectivity index (χ2n) is 4.36. The Morgan fingerprint density at radius 3 is 2.55 bits per heavy atom. The van der Waals surface area contributed by atoms with Crippen molar-refractivity contribution in [1.82, 2.24) is 4.72 Å². The second-order valence-corrected chi connectivity index (χ2v) is 6.94. The number of benzene rings is 1. The van der Waals surface area contributed by atoms with Gasteiger partial charge in [0.15, 0.2) is 0 Å². The highest BCUT2D eigenvalue weighted by molar-refractivity contribution is 7.89. The minimum Gasteiger partial charge on any atom is -0.481 e. The third-order valence-corrected chi connectivity index (χ3v) is 4.93. The summed E-state index contributed by atoms with van der Waals surface area (Å²) in [6.45, 7) is 1.75. The van der Waals surface area contributed by atoms with Gasteiger partial charge in [0.25, 0.3) is 0 Å². The Morgan fingerprint density at radius 2 is 2.00 bits per heavy atom. The molecule has 5 nitrogen and oxygen atoms in total. The fourth-order valence-corrected chi connectivity index (χ4v) is 2.93. The average Bonchev–Trinajstić information content (AvgIpc) is 2.37. The minimum absolute atomic E-state index is 0.0261. The summed E-state index contributed by atoms with van der Waals surface area (Å²) in [5, 5.41) is 9.15. The molecule has 1 atom stereocenters. The average molecular weight is 340 g/mol. The SMILES string of the molecule is CC(CCCNS(=O)(=O)c1ccc(Cl)c(Cl)c1)C(=O)O. The Balaban J connectivity index is 2.58. The molecule has 0 spiro atoms. The molecule has 0 fully saturated rings. The van der Waals surface area contributed by atoms with Gasteiger partial charge in [-0.3, -0.25) is 4.79 Å². The van der Waals surface area contributed by atoms with Crippen LogP contribution in [0.5, 0.6) is 0 Å². The number of nitrogens with one attached hydrogen (secondary N) is 1. The van der Waals surface area contributed by atoms with Crippen LogP contribution in [0.4, 0.5) is 0 Å². The number of carbonyl (C=O) groups is 1. The topological polar surface area (TPSA) is 83.5 Å². The molecule has 0 heterocycles. The highest BCUT2D eigenvalue weighted by Crippen LogP contribution is 2.24. The molecule has 0 amide bonds. The molecule has 1 aromatic rings. The number of hydrogen-bond acceptors (Lipinski definition) is 3. The molecule has 8 heteroatoms.